The van der Waals surface area contributed by atoms with Crippen LogP contribution >= 0.6 is 0 Å². The zero-order valence-corrected chi connectivity index (χ0v) is 15.0. The lowest BCUT2D eigenvalue weighted by Gasteiger charge is -2.42. The summed E-state index contributed by atoms with van der Waals surface area (Å²) in [5.41, 5.74) is 0. The molecule has 1 unspecified atom stereocenters. The topological polar surface area (TPSA) is 30.0 Å². The molecule has 3 rings (SSSR count). The van der Waals surface area contributed by atoms with Crippen LogP contribution in [0.2, 0.25) is 0 Å². The minimum atomic E-state index is 0.325. The van der Waals surface area contributed by atoms with Crippen LogP contribution in [0.4, 0.5) is 0 Å². The Kier molecular flexibility index (Phi) is 5.94. The van der Waals surface area contributed by atoms with Crippen LogP contribution in [0.3, 0.4) is 0 Å². The molecule has 23 heavy (non-hydrogen) atoms. The minimum Gasteiger partial charge on any atom is -0.346 e. The number of amides is 1. The van der Waals surface area contributed by atoms with Crippen LogP contribution in [0.5, 0.6) is 0 Å². The van der Waals surface area contributed by atoms with Crippen molar-refractivity contribution in [1.82, 2.24) is 19.6 Å². The summed E-state index contributed by atoms with van der Waals surface area (Å²) in [6.07, 6.45) is 6.02. The van der Waals surface area contributed by atoms with Crippen LogP contribution < -0.4 is 0 Å². The Labute approximate surface area is 141 Å². The third kappa shape index (κ3) is 4.68. The first-order valence-electron chi connectivity index (χ1n) is 9.50. The smallest absolute Gasteiger partial charge is 0.223 e. The molecule has 1 atom stereocenters. The molecule has 0 radical (unpaired) electrons. The molecule has 0 aromatic heterocycles. The first-order chi connectivity index (χ1) is 11.1. The van der Waals surface area contributed by atoms with Gasteiger partial charge in [0, 0.05) is 52.2 Å². The fourth-order valence-corrected chi connectivity index (χ4v) is 4.31. The van der Waals surface area contributed by atoms with Crippen LogP contribution in [-0.2, 0) is 4.79 Å². The van der Waals surface area contributed by atoms with Crippen molar-refractivity contribution in [2.24, 2.45) is 5.92 Å². The minimum absolute atomic E-state index is 0.325. The van der Waals surface area contributed by atoms with Gasteiger partial charge in [0.05, 0.1) is 0 Å². The first-order valence-corrected chi connectivity index (χ1v) is 9.50. The molecule has 0 bridgehead atoms. The number of piperazine rings is 1. The Hall–Kier alpha value is -0.650. The highest BCUT2D eigenvalue weighted by molar-refractivity contribution is 5.77. The predicted octanol–water partition coefficient (Wildman–Crippen LogP) is 0.957. The van der Waals surface area contributed by atoms with Gasteiger partial charge in [-0.1, -0.05) is 0 Å². The summed E-state index contributed by atoms with van der Waals surface area (Å²) in [6.45, 7) is 9.43. The highest BCUT2D eigenvalue weighted by Gasteiger charge is 2.30. The van der Waals surface area contributed by atoms with E-state index in [1.807, 2.05) is 11.9 Å². The summed E-state index contributed by atoms with van der Waals surface area (Å²) >= 11 is 0. The average Bonchev–Trinajstić information content (AvgIpc) is 2.57. The number of carbonyl (C=O) groups is 1. The number of rotatable bonds is 4. The van der Waals surface area contributed by atoms with Gasteiger partial charge in [-0.3, -0.25) is 9.69 Å². The van der Waals surface area contributed by atoms with Gasteiger partial charge < -0.3 is 14.7 Å². The van der Waals surface area contributed by atoms with Crippen LogP contribution in [0.1, 0.15) is 32.1 Å². The van der Waals surface area contributed by atoms with Gasteiger partial charge >= 0.3 is 0 Å². The third-order valence-corrected chi connectivity index (χ3v) is 6.25. The lowest BCUT2D eigenvalue weighted by molar-refractivity contribution is -0.134. The molecule has 3 heterocycles. The van der Waals surface area contributed by atoms with E-state index in [0.29, 0.717) is 11.9 Å². The van der Waals surface area contributed by atoms with Crippen molar-refractivity contribution < 1.29 is 4.79 Å². The molecule has 3 fully saturated rings. The summed E-state index contributed by atoms with van der Waals surface area (Å²) in [5, 5.41) is 0. The van der Waals surface area contributed by atoms with Gasteiger partial charge in [-0.25, -0.2) is 0 Å². The van der Waals surface area contributed by atoms with Crippen molar-refractivity contribution in [2.45, 2.75) is 38.1 Å². The average molecular weight is 322 g/mol. The van der Waals surface area contributed by atoms with Crippen LogP contribution in [0.15, 0.2) is 0 Å². The number of carbonyl (C=O) groups excluding carboxylic acids is 1. The summed E-state index contributed by atoms with van der Waals surface area (Å²) in [4.78, 5) is 21.4. The maximum Gasteiger partial charge on any atom is 0.223 e. The Morgan fingerprint density at radius 2 is 1.61 bits per heavy atom. The van der Waals surface area contributed by atoms with E-state index >= 15 is 0 Å². The zero-order valence-electron chi connectivity index (χ0n) is 15.0. The molecule has 3 aliphatic rings. The maximum atomic E-state index is 11.9. The molecule has 3 saturated heterocycles. The normalized spacial score (nSPS) is 30.1. The predicted molar refractivity (Wildman–Crippen MR) is 93.5 cm³/mol. The van der Waals surface area contributed by atoms with Crippen molar-refractivity contribution in [1.29, 1.82) is 0 Å². The molecule has 0 N–H and O–H groups in total. The Morgan fingerprint density at radius 1 is 0.913 bits per heavy atom. The van der Waals surface area contributed by atoms with E-state index in [1.165, 1.54) is 52.0 Å². The molecular formula is C18H34N4O. The standard InChI is InChI=1S/C18H34N4O/c1-19-7-3-16(4-8-19)5-10-21-11-13-22(14-12-21)17-6-9-20(2)18(23)15-17/h16-17H,3-15H2,1-2H3. The van der Waals surface area contributed by atoms with E-state index in [2.05, 4.69) is 21.7 Å². The SMILES string of the molecule is CN1CCC(CCN2CCN(C3CCN(C)C(=O)C3)CC2)CC1. The second-order valence-electron chi connectivity index (χ2n) is 7.87. The van der Waals surface area contributed by atoms with E-state index in [9.17, 15) is 4.79 Å². The number of hydrogen-bond acceptors (Lipinski definition) is 4. The van der Waals surface area contributed by atoms with E-state index in [0.717, 1.165) is 38.4 Å². The molecule has 132 valence electrons. The fourth-order valence-electron chi connectivity index (χ4n) is 4.31. The molecule has 5 heteroatoms. The van der Waals surface area contributed by atoms with Crippen molar-refractivity contribution in [3.63, 3.8) is 0 Å². The second-order valence-corrected chi connectivity index (χ2v) is 7.87. The van der Waals surface area contributed by atoms with Crippen LogP contribution in [0.25, 0.3) is 0 Å². The Morgan fingerprint density at radius 3 is 2.26 bits per heavy atom. The van der Waals surface area contributed by atoms with Gasteiger partial charge in [0.2, 0.25) is 5.91 Å². The van der Waals surface area contributed by atoms with Crippen molar-refractivity contribution in [3.05, 3.63) is 0 Å². The van der Waals surface area contributed by atoms with Crippen molar-refractivity contribution in [3.8, 4) is 0 Å². The Balaban J connectivity index is 1.35. The van der Waals surface area contributed by atoms with Gasteiger partial charge in [0.15, 0.2) is 0 Å². The molecule has 0 aromatic rings. The number of likely N-dealkylation sites (tertiary alicyclic amines) is 2. The van der Waals surface area contributed by atoms with Gasteiger partial charge in [-0.15, -0.1) is 0 Å². The molecule has 1 amide bonds. The number of piperidine rings is 2. The lowest BCUT2D eigenvalue weighted by Crippen LogP contribution is -2.54. The van der Waals surface area contributed by atoms with E-state index in [4.69, 9.17) is 0 Å². The van der Waals surface area contributed by atoms with Crippen LogP contribution in [-0.4, -0.2) is 98.0 Å². The zero-order chi connectivity index (χ0) is 16.2. The highest BCUT2D eigenvalue weighted by Crippen LogP contribution is 2.21. The van der Waals surface area contributed by atoms with Gasteiger partial charge in [-0.2, -0.15) is 0 Å². The van der Waals surface area contributed by atoms with Gasteiger partial charge in [0.25, 0.3) is 0 Å². The van der Waals surface area contributed by atoms with Crippen molar-refractivity contribution >= 4 is 5.91 Å². The van der Waals surface area contributed by atoms with E-state index in [1.54, 1.807) is 0 Å². The third-order valence-electron chi connectivity index (χ3n) is 6.25. The molecule has 0 aliphatic carbocycles. The molecule has 0 spiro atoms. The fraction of sp³-hybridized carbons (Fsp3) is 0.944. The maximum absolute atomic E-state index is 11.9. The molecular weight excluding hydrogens is 288 g/mol. The van der Waals surface area contributed by atoms with E-state index < -0.39 is 0 Å². The highest BCUT2D eigenvalue weighted by atomic mass is 16.2. The Bertz CT molecular complexity index is 386. The van der Waals surface area contributed by atoms with Crippen LogP contribution in [0, 0.1) is 5.92 Å². The molecule has 5 nitrogen and oxygen atoms in total. The lowest BCUT2D eigenvalue weighted by atomic mass is 9.93. The summed E-state index contributed by atoms with van der Waals surface area (Å²) in [6, 6.07) is 0.495. The summed E-state index contributed by atoms with van der Waals surface area (Å²) in [7, 11) is 4.17. The van der Waals surface area contributed by atoms with E-state index in [-0.39, 0.29) is 0 Å². The summed E-state index contributed by atoms with van der Waals surface area (Å²) < 4.78 is 0. The first kappa shape index (κ1) is 17.2. The summed E-state index contributed by atoms with van der Waals surface area (Å²) in [5.74, 6) is 1.27. The van der Waals surface area contributed by atoms with Crippen molar-refractivity contribution in [2.75, 3.05) is 66.5 Å². The largest absolute Gasteiger partial charge is 0.346 e. The number of hydrogen-bond donors (Lipinski definition) is 0. The quantitative estimate of drug-likeness (QED) is 0.771. The molecule has 0 saturated carbocycles. The molecule has 0 aromatic carbocycles. The monoisotopic (exact) mass is 322 g/mol. The molecule has 3 aliphatic heterocycles. The second kappa shape index (κ2) is 7.95. The van der Waals surface area contributed by atoms with Gasteiger partial charge in [-0.05, 0) is 58.3 Å². The number of nitrogens with zero attached hydrogens (tertiary/aromatic N) is 4. The van der Waals surface area contributed by atoms with Gasteiger partial charge in [0.1, 0.15) is 0 Å².